The fraction of sp³-hybridized carbons (Fsp3) is 0. The number of benzene rings is 2. The van der Waals surface area contributed by atoms with Crippen LogP contribution in [-0.4, -0.2) is 14.7 Å². The molecule has 0 atom stereocenters. The third kappa shape index (κ3) is 2.19. The summed E-state index contributed by atoms with van der Waals surface area (Å²) < 4.78 is 2.20. The second kappa shape index (κ2) is 4.92. The minimum absolute atomic E-state index is 0.0241. The lowest BCUT2D eigenvalue weighted by molar-refractivity contribution is 0.472. The average molecular weight is 352 g/mol. The number of rotatable bonds is 1. The predicted molar refractivity (Wildman–Crippen MR) is 81.7 cm³/mol. The van der Waals surface area contributed by atoms with Crippen LogP contribution >= 0.6 is 27.5 Å². The Bertz CT molecular complexity index is 877. The summed E-state index contributed by atoms with van der Waals surface area (Å²) >= 11 is 9.32. The van der Waals surface area contributed by atoms with E-state index in [1.807, 2.05) is 6.07 Å². The zero-order chi connectivity index (χ0) is 14.3. The summed E-state index contributed by atoms with van der Waals surface area (Å²) in [6.45, 7) is 0. The number of phenols is 1. The van der Waals surface area contributed by atoms with Crippen LogP contribution in [0.1, 0.15) is 0 Å². The number of hydrogen-bond acceptors (Lipinski definition) is 3. The molecule has 100 valence electrons. The van der Waals surface area contributed by atoms with E-state index in [9.17, 15) is 9.90 Å². The van der Waals surface area contributed by atoms with Crippen molar-refractivity contribution in [2.75, 3.05) is 0 Å². The largest absolute Gasteiger partial charge is 0.506 e. The van der Waals surface area contributed by atoms with E-state index >= 15 is 0 Å². The van der Waals surface area contributed by atoms with Gasteiger partial charge in [0.25, 0.3) is 5.56 Å². The molecule has 6 heteroatoms. The molecule has 20 heavy (non-hydrogen) atoms. The quantitative estimate of drug-likeness (QED) is 0.730. The standard InChI is InChI=1S/C14H8BrClN2O2/c15-8-1-3-10-11(5-8)18(14(20)7-17-10)12-6-9(16)2-4-13(12)19/h1-7,19H. The second-order valence-corrected chi connectivity index (χ2v) is 5.55. The first-order valence-electron chi connectivity index (χ1n) is 5.72. The molecule has 3 aromatic rings. The van der Waals surface area contributed by atoms with Gasteiger partial charge in [-0.15, -0.1) is 0 Å². The molecule has 0 radical (unpaired) electrons. The van der Waals surface area contributed by atoms with Crippen LogP contribution in [-0.2, 0) is 0 Å². The third-order valence-corrected chi connectivity index (χ3v) is 3.62. The second-order valence-electron chi connectivity index (χ2n) is 4.20. The molecule has 0 saturated heterocycles. The van der Waals surface area contributed by atoms with Crippen LogP contribution in [0.5, 0.6) is 5.75 Å². The molecule has 0 saturated carbocycles. The minimum atomic E-state index is -0.340. The Morgan fingerprint density at radius 2 is 2.00 bits per heavy atom. The molecule has 0 amide bonds. The summed E-state index contributed by atoms with van der Waals surface area (Å²) in [7, 11) is 0. The van der Waals surface area contributed by atoms with Crippen LogP contribution in [0.25, 0.3) is 16.7 Å². The van der Waals surface area contributed by atoms with Crippen LogP contribution in [0, 0.1) is 0 Å². The Balaban J connectivity index is 2.46. The Morgan fingerprint density at radius 1 is 1.20 bits per heavy atom. The van der Waals surface area contributed by atoms with Gasteiger partial charge in [-0.1, -0.05) is 27.5 Å². The maximum Gasteiger partial charge on any atom is 0.274 e. The normalized spacial score (nSPS) is 10.9. The van der Waals surface area contributed by atoms with Gasteiger partial charge >= 0.3 is 0 Å². The van der Waals surface area contributed by atoms with E-state index in [1.165, 1.54) is 16.8 Å². The van der Waals surface area contributed by atoms with Crippen LogP contribution < -0.4 is 5.56 Å². The lowest BCUT2D eigenvalue weighted by atomic mass is 10.2. The maximum absolute atomic E-state index is 12.1. The van der Waals surface area contributed by atoms with Gasteiger partial charge in [0.2, 0.25) is 0 Å². The van der Waals surface area contributed by atoms with Crippen LogP contribution in [0.2, 0.25) is 5.02 Å². The lowest BCUT2D eigenvalue weighted by Crippen LogP contribution is -2.18. The fourth-order valence-electron chi connectivity index (χ4n) is 2.01. The van der Waals surface area contributed by atoms with Crippen molar-refractivity contribution in [1.29, 1.82) is 0 Å². The number of hydrogen-bond donors (Lipinski definition) is 1. The van der Waals surface area contributed by atoms with Crippen molar-refractivity contribution in [2.24, 2.45) is 0 Å². The zero-order valence-electron chi connectivity index (χ0n) is 10.0. The molecule has 0 fully saturated rings. The summed E-state index contributed by atoms with van der Waals surface area (Å²) in [5.74, 6) is -0.0241. The van der Waals surface area contributed by atoms with E-state index in [0.29, 0.717) is 21.7 Å². The van der Waals surface area contributed by atoms with Crippen molar-refractivity contribution >= 4 is 38.6 Å². The molecule has 0 aliphatic rings. The zero-order valence-corrected chi connectivity index (χ0v) is 12.4. The molecular weight excluding hydrogens is 344 g/mol. The summed E-state index contributed by atoms with van der Waals surface area (Å²) in [6, 6.07) is 9.95. The van der Waals surface area contributed by atoms with Crippen molar-refractivity contribution in [3.63, 3.8) is 0 Å². The predicted octanol–water partition coefficient (Wildman–Crippen LogP) is 3.51. The van der Waals surface area contributed by atoms with Crippen molar-refractivity contribution in [2.45, 2.75) is 0 Å². The lowest BCUT2D eigenvalue weighted by Gasteiger charge is -2.11. The van der Waals surface area contributed by atoms with E-state index in [4.69, 9.17) is 11.6 Å². The van der Waals surface area contributed by atoms with Gasteiger partial charge in [0.15, 0.2) is 0 Å². The first-order chi connectivity index (χ1) is 9.56. The molecule has 0 aliphatic carbocycles. The molecule has 0 unspecified atom stereocenters. The highest BCUT2D eigenvalue weighted by Gasteiger charge is 2.11. The molecular formula is C14H8BrClN2O2. The highest BCUT2D eigenvalue weighted by atomic mass is 79.9. The van der Waals surface area contributed by atoms with Gasteiger partial charge in [-0.2, -0.15) is 0 Å². The number of aromatic hydroxyl groups is 1. The van der Waals surface area contributed by atoms with Gasteiger partial charge in [0, 0.05) is 9.50 Å². The molecule has 4 nitrogen and oxygen atoms in total. The summed E-state index contributed by atoms with van der Waals surface area (Å²) in [6.07, 6.45) is 1.22. The monoisotopic (exact) mass is 350 g/mol. The summed E-state index contributed by atoms with van der Waals surface area (Å²) in [5.41, 5.74) is 1.22. The Kier molecular flexibility index (Phi) is 3.23. The minimum Gasteiger partial charge on any atom is -0.506 e. The number of fused-ring (bicyclic) bond motifs is 1. The van der Waals surface area contributed by atoms with Crippen molar-refractivity contribution < 1.29 is 5.11 Å². The van der Waals surface area contributed by atoms with Crippen LogP contribution in [0.3, 0.4) is 0 Å². The highest BCUT2D eigenvalue weighted by Crippen LogP contribution is 2.27. The summed E-state index contributed by atoms with van der Waals surface area (Å²) in [5, 5.41) is 10.4. The third-order valence-electron chi connectivity index (χ3n) is 2.89. The van der Waals surface area contributed by atoms with E-state index in [0.717, 1.165) is 4.47 Å². The Labute approximate surface area is 127 Å². The van der Waals surface area contributed by atoms with E-state index in [1.54, 1.807) is 24.3 Å². The maximum atomic E-state index is 12.1. The first kappa shape index (κ1) is 13.1. The molecule has 1 heterocycles. The number of halogens is 2. The SMILES string of the molecule is O=c1cnc2ccc(Br)cc2n1-c1cc(Cl)ccc1O. The molecule has 1 N–H and O–H groups in total. The van der Waals surface area contributed by atoms with Gasteiger partial charge in [0.05, 0.1) is 22.9 Å². The van der Waals surface area contributed by atoms with E-state index < -0.39 is 0 Å². The summed E-state index contributed by atoms with van der Waals surface area (Å²) in [4.78, 5) is 16.2. The first-order valence-corrected chi connectivity index (χ1v) is 6.89. The van der Waals surface area contributed by atoms with Gasteiger partial charge < -0.3 is 5.11 Å². The van der Waals surface area contributed by atoms with E-state index in [2.05, 4.69) is 20.9 Å². The van der Waals surface area contributed by atoms with Crippen molar-refractivity contribution in [3.8, 4) is 11.4 Å². The fourth-order valence-corrected chi connectivity index (χ4v) is 2.53. The molecule has 0 spiro atoms. The van der Waals surface area contributed by atoms with Crippen LogP contribution in [0.4, 0.5) is 0 Å². The van der Waals surface area contributed by atoms with Crippen LogP contribution in [0.15, 0.2) is 51.9 Å². The molecule has 0 aliphatic heterocycles. The van der Waals surface area contributed by atoms with Crippen molar-refractivity contribution in [3.05, 3.63) is 62.4 Å². The number of aromatic nitrogens is 2. The number of nitrogens with zero attached hydrogens (tertiary/aromatic N) is 2. The Morgan fingerprint density at radius 3 is 2.80 bits per heavy atom. The molecule has 2 aromatic carbocycles. The van der Waals surface area contributed by atoms with Gasteiger partial charge in [0.1, 0.15) is 5.75 Å². The van der Waals surface area contributed by atoms with Crippen molar-refractivity contribution in [1.82, 2.24) is 9.55 Å². The average Bonchev–Trinajstić information content (AvgIpc) is 2.42. The van der Waals surface area contributed by atoms with Gasteiger partial charge in [-0.3, -0.25) is 9.36 Å². The number of phenolic OH excluding ortho intramolecular Hbond substituents is 1. The highest BCUT2D eigenvalue weighted by molar-refractivity contribution is 9.10. The molecule has 3 rings (SSSR count). The molecule has 0 bridgehead atoms. The molecule has 1 aromatic heterocycles. The van der Waals surface area contributed by atoms with Gasteiger partial charge in [-0.25, -0.2) is 4.98 Å². The topological polar surface area (TPSA) is 55.1 Å². The smallest absolute Gasteiger partial charge is 0.274 e. The Hall–Kier alpha value is -1.85. The van der Waals surface area contributed by atoms with Gasteiger partial charge in [-0.05, 0) is 36.4 Å². The van der Waals surface area contributed by atoms with E-state index in [-0.39, 0.29) is 11.3 Å².